The molecule has 1 N–H and O–H groups in total. The van der Waals surface area contributed by atoms with Crippen LogP contribution in [0.4, 0.5) is 0 Å². The molecule has 0 saturated carbocycles. The minimum absolute atomic E-state index is 0. The highest BCUT2D eigenvalue weighted by atomic mass is 35.5. The Morgan fingerprint density at radius 1 is 1.19 bits per heavy atom. The second-order valence-electron chi connectivity index (χ2n) is 4.69. The normalized spacial score (nSPS) is 18.3. The maximum atomic E-state index is 6.38. The minimum atomic E-state index is 0. The number of rotatable bonds is 3. The smallest absolute Gasteiger partial charge is 0.231 e. The van der Waals surface area contributed by atoms with Gasteiger partial charge < -0.3 is 14.8 Å². The number of hydrogen-bond donors (Lipinski definition) is 1. The second-order valence-corrected chi connectivity index (χ2v) is 5.10. The fourth-order valence-electron chi connectivity index (χ4n) is 2.59. The summed E-state index contributed by atoms with van der Waals surface area (Å²) in [7, 11) is 0. The van der Waals surface area contributed by atoms with Crippen LogP contribution in [0.15, 0.2) is 24.8 Å². The van der Waals surface area contributed by atoms with Crippen LogP contribution in [0.1, 0.15) is 11.6 Å². The average molecular weight is 354 g/mol. The van der Waals surface area contributed by atoms with Gasteiger partial charge in [0, 0.05) is 37.3 Å². The summed E-state index contributed by atoms with van der Waals surface area (Å²) < 4.78 is 10.8. The predicted octanol–water partition coefficient (Wildman–Crippen LogP) is 3.04. The zero-order chi connectivity index (χ0) is 13.2. The SMILES string of the molecule is C=C[C@@H](c1cc2c(cc1Cl)OCO2)N1CCNCC1.Cl.Cl. The van der Waals surface area contributed by atoms with Crippen molar-refractivity contribution in [2.75, 3.05) is 33.0 Å². The molecule has 0 radical (unpaired) electrons. The molecule has 3 rings (SSSR count). The maximum absolute atomic E-state index is 6.38. The van der Waals surface area contributed by atoms with Gasteiger partial charge in [0.05, 0.1) is 6.04 Å². The molecular weight excluding hydrogens is 335 g/mol. The lowest BCUT2D eigenvalue weighted by molar-refractivity contribution is 0.173. The molecule has 0 amide bonds. The van der Waals surface area contributed by atoms with Crippen LogP contribution in [-0.4, -0.2) is 37.9 Å². The number of benzene rings is 1. The maximum Gasteiger partial charge on any atom is 0.231 e. The highest BCUT2D eigenvalue weighted by Gasteiger charge is 2.24. The first kappa shape index (κ1) is 18.4. The molecular formula is C14H19Cl3N2O2. The van der Waals surface area contributed by atoms with Crippen LogP contribution in [-0.2, 0) is 0 Å². The molecule has 1 aromatic rings. The van der Waals surface area contributed by atoms with Crippen molar-refractivity contribution in [2.45, 2.75) is 6.04 Å². The van der Waals surface area contributed by atoms with E-state index in [4.69, 9.17) is 21.1 Å². The standard InChI is InChI=1S/C14H17ClN2O2.2ClH/c1-2-12(17-5-3-16-4-6-17)10-7-13-14(8-11(10)15)19-9-18-13;;/h2,7-8,12,16H,1,3-6,9H2;2*1H/t12-;;/m0../s1. The number of hydrogen-bond acceptors (Lipinski definition) is 4. The molecule has 21 heavy (non-hydrogen) atoms. The van der Waals surface area contributed by atoms with Gasteiger partial charge in [-0.1, -0.05) is 17.7 Å². The summed E-state index contributed by atoms with van der Waals surface area (Å²) in [6.07, 6.45) is 1.94. The second kappa shape index (κ2) is 8.11. The Kier molecular flexibility index (Phi) is 7.10. The Balaban J connectivity index is 0.00000110. The van der Waals surface area contributed by atoms with Gasteiger partial charge in [0.25, 0.3) is 0 Å². The van der Waals surface area contributed by atoms with E-state index in [0.717, 1.165) is 43.2 Å². The van der Waals surface area contributed by atoms with Crippen molar-refractivity contribution in [1.82, 2.24) is 10.2 Å². The monoisotopic (exact) mass is 352 g/mol. The van der Waals surface area contributed by atoms with Crippen LogP contribution >= 0.6 is 36.4 Å². The number of fused-ring (bicyclic) bond motifs is 1. The van der Waals surface area contributed by atoms with Crippen molar-refractivity contribution in [3.05, 3.63) is 35.4 Å². The minimum Gasteiger partial charge on any atom is -0.454 e. The largest absolute Gasteiger partial charge is 0.454 e. The molecule has 7 heteroatoms. The van der Waals surface area contributed by atoms with Crippen molar-refractivity contribution < 1.29 is 9.47 Å². The summed E-state index contributed by atoms with van der Waals surface area (Å²) in [5.74, 6) is 1.48. The van der Waals surface area contributed by atoms with Crippen molar-refractivity contribution in [3.8, 4) is 11.5 Å². The highest BCUT2D eigenvalue weighted by molar-refractivity contribution is 6.31. The Labute approximate surface area is 142 Å². The number of halogens is 3. The van der Waals surface area contributed by atoms with E-state index in [2.05, 4.69) is 16.8 Å². The van der Waals surface area contributed by atoms with Crippen LogP contribution in [0.2, 0.25) is 5.02 Å². The lowest BCUT2D eigenvalue weighted by atomic mass is 10.0. The predicted molar refractivity (Wildman–Crippen MR) is 89.5 cm³/mol. The third-order valence-corrected chi connectivity index (χ3v) is 3.91. The van der Waals surface area contributed by atoms with E-state index >= 15 is 0 Å². The van der Waals surface area contributed by atoms with Gasteiger partial charge in [0.15, 0.2) is 11.5 Å². The molecule has 0 bridgehead atoms. The van der Waals surface area contributed by atoms with E-state index in [0.29, 0.717) is 5.02 Å². The number of ether oxygens (including phenoxy) is 2. The molecule has 1 atom stereocenters. The Hall–Kier alpha value is -0.650. The molecule has 1 aromatic carbocycles. The summed E-state index contributed by atoms with van der Waals surface area (Å²) in [6, 6.07) is 3.92. The van der Waals surface area contributed by atoms with Gasteiger partial charge in [-0.05, 0) is 11.6 Å². The third-order valence-electron chi connectivity index (χ3n) is 3.58. The average Bonchev–Trinajstić information content (AvgIpc) is 2.88. The molecule has 1 fully saturated rings. The molecule has 1 saturated heterocycles. The van der Waals surface area contributed by atoms with E-state index < -0.39 is 0 Å². The number of piperazine rings is 1. The first-order chi connectivity index (χ1) is 9.29. The number of nitrogens with zero attached hydrogens (tertiary/aromatic N) is 1. The first-order valence-electron chi connectivity index (χ1n) is 6.46. The van der Waals surface area contributed by atoms with E-state index in [1.54, 1.807) is 0 Å². The van der Waals surface area contributed by atoms with Crippen LogP contribution in [0.3, 0.4) is 0 Å². The van der Waals surface area contributed by atoms with Crippen LogP contribution < -0.4 is 14.8 Å². The van der Waals surface area contributed by atoms with Gasteiger partial charge >= 0.3 is 0 Å². The van der Waals surface area contributed by atoms with Gasteiger partial charge in [-0.3, -0.25) is 4.90 Å². The van der Waals surface area contributed by atoms with Gasteiger partial charge in [0.1, 0.15) is 0 Å². The van der Waals surface area contributed by atoms with Crippen LogP contribution in [0.25, 0.3) is 0 Å². The van der Waals surface area contributed by atoms with Gasteiger partial charge in [-0.2, -0.15) is 0 Å². The molecule has 0 aliphatic carbocycles. The molecule has 0 spiro atoms. The fraction of sp³-hybridized carbons (Fsp3) is 0.429. The van der Waals surface area contributed by atoms with Crippen LogP contribution in [0.5, 0.6) is 11.5 Å². The zero-order valence-corrected chi connectivity index (χ0v) is 13.9. The van der Waals surface area contributed by atoms with Gasteiger partial charge in [0.2, 0.25) is 6.79 Å². The Bertz CT molecular complexity index is 493. The summed E-state index contributed by atoms with van der Waals surface area (Å²) in [5.41, 5.74) is 1.03. The summed E-state index contributed by atoms with van der Waals surface area (Å²) >= 11 is 6.38. The summed E-state index contributed by atoms with van der Waals surface area (Å²) in [4.78, 5) is 2.37. The summed E-state index contributed by atoms with van der Waals surface area (Å²) in [6.45, 7) is 8.18. The molecule has 2 aliphatic heterocycles. The van der Waals surface area contributed by atoms with Crippen molar-refractivity contribution >= 4 is 36.4 Å². The van der Waals surface area contributed by atoms with E-state index in [1.807, 2.05) is 18.2 Å². The van der Waals surface area contributed by atoms with Gasteiger partial charge in [-0.15, -0.1) is 31.4 Å². The fourth-order valence-corrected chi connectivity index (χ4v) is 2.86. The van der Waals surface area contributed by atoms with Gasteiger partial charge in [-0.25, -0.2) is 0 Å². The van der Waals surface area contributed by atoms with E-state index in [9.17, 15) is 0 Å². The molecule has 4 nitrogen and oxygen atoms in total. The van der Waals surface area contributed by atoms with Crippen molar-refractivity contribution in [2.24, 2.45) is 0 Å². The molecule has 2 heterocycles. The van der Waals surface area contributed by atoms with E-state index in [-0.39, 0.29) is 37.6 Å². The van der Waals surface area contributed by atoms with Crippen molar-refractivity contribution in [3.63, 3.8) is 0 Å². The zero-order valence-electron chi connectivity index (χ0n) is 11.5. The summed E-state index contributed by atoms with van der Waals surface area (Å²) in [5, 5.41) is 4.05. The lowest BCUT2D eigenvalue weighted by Gasteiger charge is -2.33. The van der Waals surface area contributed by atoms with Crippen LogP contribution in [0, 0.1) is 0 Å². The topological polar surface area (TPSA) is 33.7 Å². The third kappa shape index (κ3) is 3.76. The molecule has 0 aromatic heterocycles. The first-order valence-corrected chi connectivity index (χ1v) is 6.84. The van der Waals surface area contributed by atoms with Crippen molar-refractivity contribution in [1.29, 1.82) is 0 Å². The molecule has 118 valence electrons. The lowest BCUT2D eigenvalue weighted by Crippen LogP contribution is -2.44. The highest BCUT2D eigenvalue weighted by Crippen LogP contribution is 2.40. The molecule has 2 aliphatic rings. The Morgan fingerprint density at radius 2 is 1.81 bits per heavy atom. The molecule has 0 unspecified atom stereocenters. The number of nitrogens with one attached hydrogen (secondary N) is 1. The quantitative estimate of drug-likeness (QED) is 0.847. The Morgan fingerprint density at radius 3 is 2.43 bits per heavy atom. The van der Waals surface area contributed by atoms with E-state index in [1.165, 1.54) is 0 Å².